The fourth-order valence-electron chi connectivity index (χ4n) is 3.59. The third kappa shape index (κ3) is 6.77. The topological polar surface area (TPSA) is 58.1 Å². The van der Waals surface area contributed by atoms with E-state index < -0.39 is 0 Å². The second-order valence-electron chi connectivity index (χ2n) is 7.07. The third-order valence-corrected chi connectivity index (χ3v) is 5.10. The van der Waals surface area contributed by atoms with Crippen molar-refractivity contribution in [2.24, 2.45) is 4.99 Å². The SMILES string of the molecule is CCOc1cc(NC(=NC)NCCCN2CCc3ccccc3C2)ccc1OC.I. The number of aliphatic imine (C=N–C) groups is 1. The van der Waals surface area contributed by atoms with Crippen molar-refractivity contribution >= 4 is 35.6 Å². The largest absolute Gasteiger partial charge is 0.493 e. The first kappa shape index (κ1) is 24.3. The molecule has 0 saturated carbocycles. The highest BCUT2D eigenvalue weighted by atomic mass is 127. The van der Waals surface area contributed by atoms with Crippen molar-refractivity contribution < 1.29 is 9.47 Å². The lowest BCUT2D eigenvalue weighted by Crippen LogP contribution is -2.35. The zero-order chi connectivity index (χ0) is 20.5. The summed E-state index contributed by atoms with van der Waals surface area (Å²) < 4.78 is 11.0. The van der Waals surface area contributed by atoms with Gasteiger partial charge in [0, 0.05) is 45.0 Å². The predicted molar refractivity (Wildman–Crippen MR) is 135 cm³/mol. The number of rotatable bonds is 8. The molecule has 2 aromatic carbocycles. The Bertz CT molecular complexity index is 829. The maximum atomic E-state index is 5.64. The molecule has 0 fully saturated rings. The molecule has 1 aliphatic heterocycles. The number of nitrogens with one attached hydrogen (secondary N) is 2. The lowest BCUT2D eigenvalue weighted by molar-refractivity contribution is 0.251. The van der Waals surface area contributed by atoms with Crippen LogP contribution >= 0.6 is 24.0 Å². The number of benzene rings is 2. The minimum Gasteiger partial charge on any atom is -0.493 e. The van der Waals surface area contributed by atoms with E-state index in [9.17, 15) is 0 Å². The quantitative estimate of drug-likeness (QED) is 0.235. The third-order valence-electron chi connectivity index (χ3n) is 5.10. The minimum atomic E-state index is 0. The maximum Gasteiger partial charge on any atom is 0.195 e. The molecule has 0 radical (unpaired) electrons. The smallest absolute Gasteiger partial charge is 0.195 e. The van der Waals surface area contributed by atoms with Crippen molar-refractivity contribution in [3.63, 3.8) is 0 Å². The van der Waals surface area contributed by atoms with Crippen LogP contribution in [0, 0.1) is 0 Å². The van der Waals surface area contributed by atoms with E-state index in [0.29, 0.717) is 6.61 Å². The molecule has 0 amide bonds. The molecule has 0 unspecified atom stereocenters. The van der Waals surface area contributed by atoms with Gasteiger partial charge in [-0.3, -0.25) is 9.89 Å². The standard InChI is InChI=1S/C23H32N4O2.HI/c1-4-29-22-16-20(10-11-21(22)28-3)26-23(24-2)25-13-7-14-27-15-12-18-8-5-6-9-19(18)17-27;/h5-6,8-11,16H,4,7,12-15,17H2,1-3H3,(H2,24,25,26);1H. The van der Waals surface area contributed by atoms with Crippen LogP contribution in [0.1, 0.15) is 24.5 Å². The molecule has 30 heavy (non-hydrogen) atoms. The van der Waals surface area contributed by atoms with Crippen LogP contribution in [0.25, 0.3) is 0 Å². The van der Waals surface area contributed by atoms with Gasteiger partial charge in [0.1, 0.15) is 0 Å². The molecule has 1 heterocycles. The number of halogens is 1. The molecule has 0 aromatic heterocycles. The summed E-state index contributed by atoms with van der Waals surface area (Å²) in [5.74, 6) is 2.20. The Balaban J connectivity index is 0.00000320. The summed E-state index contributed by atoms with van der Waals surface area (Å²) >= 11 is 0. The molecule has 0 aliphatic carbocycles. The summed E-state index contributed by atoms with van der Waals surface area (Å²) in [6.07, 6.45) is 2.21. The fraction of sp³-hybridized carbons (Fsp3) is 0.435. The summed E-state index contributed by atoms with van der Waals surface area (Å²) in [6.45, 7) is 6.68. The minimum absolute atomic E-state index is 0. The van der Waals surface area contributed by atoms with Crippen LogP contribution in [0.2, 0.25) is 0 Å². The maximum absolute atomic E-state index is 5.64. The Morgan fingerprint density at radius 1 is 1.13 bits per heavy atom. The number of nitrogens with zero attached hydrogens (tertiary/aromatic N) is 2. The van der Waals surface area contributed by atoms with Crippen molar-refractivity contribution in [2.75, 3.05) is 45.7 Å². The Labute approximate surface area is 197 Å². The highest BCUT2D eigenvalue weighted by molar-refractivity contribution is 14.0. The van der Waals surface area contributed by atoms with Crippen molar-refractivity contribution in [2.45, 2.75) is 26.3 Å². The van der Waals surface area contributed by atoms with Crippen molar-refractivity contribution in [3.8, 4) is 11.5 Å². The van der Waals surface area contributed by atoms with E-state index in [0.717, 1.165) is 62.2 Å². The molecule has 0 spiro atoms. The van der Waals surface area contributed by atoms with Crippen molar-refractivity contribution in [1.82, 2.24) is 10.2 Å². The van der Waals surface area contributed by atoms with Gasteiger partial charge in [-0.15, -0.1) is 24.0 Å². The van der Waals surface area contributed by atoms with Crippen LogP contribution in [0.5, 0.6) is 11.5 Å². The van der Waals surface area contributed by atoms with Gasteiger partial charge in [0.2, 0.25) is 0 Å². The molecule has 6 nitrogen and oxygen atoms in total. The molecule has 1 aliphatic rings. The summed E-state index contributed by atoms with van der Waals surface area (Å²) in [7, 11) is 3.43. The number of anilines is 1. The van der Waals surface area contributed by atoms with Gasteiger partial charge >= 0.3 is 0 Å². The van der Waals surface area contributed by atoms with Crippen LogP contribution in [-0.2, 0) is 13.0 Å². The van der Waals surface area contributed by atoms with Gasteiger partial charge in [0.25, 0.3) is 0 Å². The van der Waals surface area contributed by atoms with Crippen LogP contribution in [0.3, 0.4) is 0 Å². The van der Waals surface area contributed by atoms with Crippen LogP contribution in [0.4, 0.5) is 5.69 Å². The number of fused-ring (bicyclic) bond motifs is 1. The molecule has 2 N–H and O–H groups in total. The van der Waals surface area contributed by atoms with Crippen molar-refractivity contribution in [1.29, 1.82) is 0 Å². The van der Waals surface area contributed by atoms with E-state index in [1.165, 1.54) is 11.1 Å². The van der Waals surface area contributed by atoms with Crippen LogP contribution < -0.4 is 20.1 Å². The fourth-order valence-corrected chi connectivity index (χ4v) is 3.59. The van der Waals surface area contributed by atoms with E-state index in [-0.39, 0.29) is 24.0 Å². The molecule has 0 saturated heterocycles. The molecule has 7 heteroatoms. The summed E-state index contributed by atoms with van der Waals surface area (Å²) in [5, 5.41) is 6.72. The van der Waals surface area contributed by atoms with Gasteiger partial charge in [-0.1, -0.05) is 24.3 Å². The van der Waals surface area contributed by atoms with Crippen LogP contribution in [0.15, 0.2) is 47.5 Å². The first-order chi connectivity index (χ1) is 14.2. The van der Waals surface area contributed by atoms with E-state index in [2.05, 4.69) is 44.8 Å². The number of methoxy groups -OCH3 is 1. The summed E-state index contributed by atoms with van der Waals surface area (Å²) in [5.41, 5.74) is 3.88. The summed E-state index contributed by atoms with van der Waals surface area (Å²) in [6, 6.07) is 14.6. The first-order valence-electron chi connectivity index (χ1n) is 10.3. The average Bonchev–Trinajstić information content (AvgIpc) is 2.76. The lowest BCUT2D eigenvalue weighted by atomic mass is 10.00. The second kappa shape index (κ2) is 12.6. The number of guanidine groups is 1. The lowest BCUT2D eigenvalue weighted by Gasteiger charge is -2.28. The summed E-state index contributed by atoms with van der Waals surface area (Å²) in [4.78, 5) is 6.85. The predicted octanol–water partition coefficient (Wildman–Crippen LogP) is 4.15. The molecule has 3 rings (SSSR count). The van der Waals surface area contributed by atoms with E-state index in [1.54, 1.807) is 14.2 Å². The van der Waals surface area contributed by atoms with E-state index in [1.807, 2.05) is 25.1 Å². The zero-order valence-corrected chi connectivity index (χ0v) is 20.4. The molecule has 164 valence electrons. The van der Waals surface area contributed by atoms with Gasteiger partial charge in [-0.2, -0.15) is 0 Å². The van der Waals surface area contributed by atoms with Crippen LogP contribution in [-0.4, -0.2) is 51.3 Å². The monoisotopic (exact) mass is 524 g/mol. The highest BCUT2D eigenvalue weighted by Gasteiger charge is 2.15. The second-order valence-corrected chi connectivity index (χ2v) is 7.07. The Hall–Kier alpha value is -2.00. The van der Waals surface area contributed by atoms with Gasteiger partial charge in [0.05, 0.1) is 13.7 Å². The number of hydrogen-bond donors (Lipinski definition) is 2. The molecule has 2 aromatic rings. The number of hydrogen-bond acceptors (Lipinski definition) is 4. The molecular weight excluding hydrogens is 491 g/mol. The van der Waals surface area contributed by atoms with Gasteiger partial charge < -0.3 is 20.1 Å². The van der Waals surface area contributed by atoms with Gasteiger partial charge in [0.15, 0.2) is 17.5 Å². The Morgan fingerprint density at radius 3 is 2.67 bits per heavy atom. The Kier molecular flexibility index (Phi) is 10.2. The Morgan fingerprint density at radius 2 is 1.93 bits per heavy atom. The van der Waals surface area contributed by atoms with Crippen molar-refractivity contribution in [3.05, 3.63) is 53.6 Å². The average molecular weight is 524 g/mol. The molecule has 0 bridgehead atoms. The highest BCUT2D eigenvalue weighted by Crippen LogP contribution is 2.30. The normalized spacial score (nSPS) is 13.8. The zero-order valence-electron chi connectivity index (χ0n) is 18.1. The van der Waals surface area contributed by atoms with Gasteiger partial charge in [-0.05, 0) is 43.0 Å². The van der Waals surface area contributed by atoms with Gasteiger partial charge in [-0.25, -0.2) is 0 Å². The number of ether oxygens (including phenoxy) is 2. The molecular formula is C23H33IN4O2. The van der Waals surface area contributed by atoms with E-state index in [4.69, 9.17) is 9.47 Å². The van der Waals surface area contributed by atoms with E-state index >= 15 is 0 Å². The first-order valence-corrected chi connectivity index (χ1v) is 10.3. The molecule has 0 atom stereocenters.